The summed E-state index contributed by atoms with van der Waals surface area (Å²) in [5.74, 6) is 1.99. The molecule has 0 bridgehead atoms. The van der Waals surface area contributed by atoms with Gasteiger partial charge in [0.15, 0.2) is 0 Å². The van der Waals surface area contributed by atoms with Crippen LogP contribution in [0.15, 0.2) is 109 Å². The molecule has 0 saturated heterocycles. The van der Waals surface area contributed by atoms with Gasteiger partial charge in [-0.05, 0) is 85.2 Å². The Morgan fingerprint density at radius 2 is 0.704 bits per heavy atom. The second-order valence-corrected chi connectivity index (χ2v) is 18.2. The molecule has 0 amide bonds. The highest BCUT2D eigenvalue weighted by molar-refractivity contribution is 7.65. The van der Waals surface area contributed by atoms with Crippen LogP contribution in [0.3, 0.4) is 0 Å². The van der Waals surface area contributed by atoms with Crippen LogP contribution in [0.25, 0.3) is 11.1 Å². The van der Waals surface area contributed by atoms with Crippen molar-refractivity contribution >= 4 is 26.5 Å². The minimum absolute atomic E-state index is 0.484. The van der Waals surface area contributed by atoms with Crippen molar-refractivity contribution < 1.29 is 18.9 Å². The minimum atomic E-state index is -0.894. The van der Waals surface area contributed by atoms with Crippen molar-refractivity contribution in [1.29, 1.82) is 0 Å². The van der Waals surface area contributed by atoms with Crippen molar-refractivity contribution in [3.63, 3.8) is 0 Å². The minimum Gasteiger partial charge on any atom is -0.481 e. The number of aromatic nitrogens is 2. The van der Waals surface area contributed by atoms with E-state index in [9.17, 15) is 0 Å². The Balaban J connectivity index is 1.65. The average Bonchev–Trinajstić information content (AvgIpc) is 3.16. The van der Waals surface area contributed by atoms with Gasteiger partial charge in [0.2, 0.25) is 23.5 Å². The number of benzene rings is 4. The van der Waals surface area contributed by atoms with Crippen LogP contribution in [-0.4, -0.2) is 38.4 Å². The maximum Gasteiger partial charge on any atom is 0.225 e. The molecule has 0 saturated carbocycles. The van der Waals surface area contributed by atoms with Crippen LogP contribution < -0.4 is 29.6 Å². The van der Waals surface area contributed by atoms with Gasteiger partial charge in [-0.15, -0.1) is 0 Å². The summed E-state index contributed by atoms with van der Waals surface area (Å²) in [5, 5.41) is 2.26. The standard InChI is InChI=1S/C46H50N2O4P2/c1-31-13-9-17-35(21-31)27-53(28-36-18-10-14-32(2)22-36)39-25-41(49-5)47-45(51-7)43(39)44-40(26-42(50-6)48-46(44)52-8)54(29-37-19-11-15-33(3)23-37)30-38-20-12-16-34(4)24-38/h9-26H,27-30H2,1-8H3. The monoisotopic (exact) mass is 756 g/mol. The quantitative estimate of drug-likeness (QED) is 0.0973. The number of methoxy groups -OCH3 is 4. The predicted molar refractivity (Wildman–Crippen MR) is 226 cm³/mol. The Kier molecular flexibility index (Phi) is 13.0. The summed E-state index contributed by atoms with van der Waals surface area (Å²) in [7, 11) is 4.91. The van der Waals surface area contributed by atoms with Crippen molar-refractivity contribution in [2.24, 2.45) is 0 Å². The summed E-state index contributed by atoms with van der Waals surface area (Å²) < 4.78 is 24.3. The predicted octanol–water partition coefficient (Wildman–Crippen LogP) is 10.4. The van der Waals surface area contributed by atoms with Gasteiger partial charge in [-0.3, -0.25) is 0 Å². The lowest BCUT2D eigenvalue weighted by molar-refractivity contribution is 0.362. The van der Waals surface area contributed by atoms with Crippen LogP contribution in [0.4, 0.5) is 0 Å². The second kappa shape index (κ2) is 18.0. The molecule has 6 nitrogen and oxygen atoms in total. The van der Waals surface area contributed by atoms with E-state index in [0.717, 1.165) is 46.4 Å². The van der Waals surface area contributed by atoms with Gasteiger partial charge in [0.05, 0.1) is 39.6 Å². The molecule has 6 rings (SSSR count). The highest BCUT2D eigenvalue weighted by atomic mass is 31.1. The van der Waals surface area contributed by atoms with Crippen molar-refractivity contribution in [1.82, 2.24) is 9.97 Å². The van der Waals surface area contributed by atoms with E-state index in [1.54, 1.807) is 28.4 Å². The Morgan fingerprint density at radius 1 is 0.407 bits per heavy atom. The topological polar surface area (TPSA) is 62.7 Å². The molecule has 2 heterocycles. The molecule has 0 aliphatic carbocycles. The number of hydrogen-bond donors (Lipinski definition) is 0. The first-order valence-electron chi connectivity index (χ1n) is 18.2. The fraction of sp³-hybridized carbons (Fsp3) is 0.261. The Labute approximate surface area is 323 Å². The van der Waals surface area contributed by atoms with E-state index in [-0.39, 0.29) is 0 Å². The highest BCUT2D eigenvalue weighted by Crippen LogP contribution is 2.52. The fourth-order valence-electron chi connectivity index (χ4n) is 7.02. The molecule has 0 aliphatic rings. The number of pyridine rings is 2. The third kappa shape index (κ3) is 9.48. The summed E-state index contributed by atoms with van der Waals surface area (Å²) in [5.41, 5.74) is 11.9. The molecule has 8 heteroatoms. The second-order valence-electron chi connectivity index (χ2n) is 13.8. The first-order valence-corrected chi connectivity index (χ1v) is 21.6. The summed E-state index contributed by atoms with van der Waals surface area (Å²) in [6.07, 6.45) is 3.43. The van der Waals surface area contributed by atoms with E-state index in [2.05, 4.69) is 137 Å². The zero-order valence-electron chi connectivity index (χ0n) is 32.6. The van der Waals surface area contributed by atoms with E-state index < -0.39 is 15.8 Å². The van der Waals surface area contributed by atoms with Crippen molar-refractivity contribution in [3.8, 4) is 34.6 Å². The first kappa shape index (κ1) is 38.9. The molecule has 0 N–H and O–H groups in total. The third-order valence-corrected chi connectivity index (χ3v) is 14.5. The Morgan fingerprint density at radius 3 is 0.944 bits per heavy atom. The Hall–Kier alpha value is -4.76. The van der Waals surface area contributed by atoms with E-state index in [4.69, 9.17) is 28.9 Å². The molecular formula is C46H50N2O4P2. The van der Waals surface area contributed by atoms with Crippen molar-refractivity contribution in [3.05, 3.63) is 154 Å². The summed E-state index contributed by atoms with van der Waals surface area (Å²) in [4.78, 5) is 9.88. The van der Waals surface area contributed by atoms with Crippen LogP contribution in [0.2, 0.25) is 0 Å². The van der Waals surface area contributed by atoms with Gasteiger partial charge in [-0.25, -0.2) is 0 Å². The lowest BCUT2D eigenvalue weighted by Gasteiger charge is -2.28. The zero-order valence-corrected chi connectivity index (χ0v) is 34.4. The zero-order chi connectivity index (χ0) is 38.2. The van der Waals surface area contributed by atoms with Crippen LogP contribution >= 0.6 is 15.8 Å². The lowest BCUT2D eigenvalue weighted by Crippen LogP contribution is -2.19. The number of rotatable bonds is 15. The molecule has 6 aromatic rings. The fourth-order valence-corrected chi connectivity index (χ4v) is 12.1. The molecule has 0 radical (unpaired) electrons. The van der Waals surface area contributed by atoms with Gasteiger partial charge < -0.3 is 18.9 Å². The van der Waals surface area contributed by atoms with Crippen molar-refractivity contribution in [2.75, 3.05) is 28.4 Å². The number of aryl methyl sites for hydroxylation is 4. The molecule has 2 aromatic heterocycles. The number of hydrogen-bond acceptors (Lipinski definition) is 6. The number of ether oxygens (including phenoxy) is 4. The van der Waals surface area contributed by atoms with Gasteiger partial charge in [-0.1, -0.05) is 135 Å². The molecule has 278 valence electrons. The van der Waals surface area contributed by atoms with Crippen LogP contribution in [-0.2, 0) is 24.6 Å². The highest BCUT2D eigenvalue weighted by Gasteiger charge is 2.31. The molecule has 0 atom stereocenters. The average molecular weight is 757 g/mol. The number of nitrogens with zero attached hydrogens (tertiary/aromatic N) is 2. The van der Waals surface area contributed by atoms with Crippen LogP contribution in [0, 0.1) is 27.7 Å². The van der Waals surface area contributed by atoms with Crippen LogP contribution in [0.1, 0.15) is 44.5 Å². The Bertz CT molecular complexity index is 1970. The smallest absolute Gasteiger partial charge is 0.225 e. The maximum absolute atomic E-state index is 6.24. The largest absolute Gasteiger partial charge is 0.481 e. The van der Waals surface area contributed by atoms with E-state index in [1.807, 2.05) is 0 Å². The van der Waals surface area contributed by atoms with Crippen LogP contribution in [0.5, 0.6) is 23.5 Å². The van der Waals surface area contributed by atoms with E-state index in [1.165, 1.54) is 44.5 Å². The van der Waals surface area contributed by atoms with E-state index in [0.29, 0.717) is 23.5 Å². The molecule has 0 unspecified atom stereocenters. The molecule has 4 aromatic carbocycles. The lowest BCUT2D eigenvalue weighted by atomic mass is 10.1. The van der Waals surface area contributed by atoms with Gasteiger partial charge in [-0.2, -0.15) is 9.97 Å². The molecule has 0 fully saturated rings. The first-order chi connectivity index (χ1) is 26.2. The molecule has 0 spiro atoms. The normalized spacial score (nSPS) is 11.2. The van der Waals surface area contributed by atoms with Crippen molar-refractivity contribution in [2.45, 2.75) is 52.3 Å². The molecule has 54 heavy (non-hydrogen) atoms. The molecule has 0 aliphatic heterocycles. The van der Waals surface area contributed by atoms with E-state index >= 15 is 0 Å². The SMILES string of the molecule is COc1cc(P(Cc2cccc(C)c2)Cc2cccc(C)c2)c(-c2c(P(Cc3cccc(C)c3)Cc3cccc(C)c3)cc(OC)nc2OC)c(OC)n1. The van der Waals surface area contributed by atoms with Gasteiger partial charge >= 0.3 is 0 Å². The summed E-state index contributed by atoms with van der Waals surface area (Å²) >= 11 is 0. The molecular weight excluding hydrogens is 706 g/mol. The van der Waals surface area contributed by atoms with Gasteiger partial charge in [0.1, 0.15) is 0 Å². The summed E-state index contributed by atoms with van der Waals surface area (Å²) in [6, 6.07) is 39.6. The third-order valence-electron chi connectivity index (χ3n) is 9.44. The van der Waals surface area contributed by atoms with Gasteiger partial charge in [0, 0.05) is 12.1 Å². The maximum atomic E-state index is 6.24. The van der Waals surface area contributed by atoms with Gasteiger partial charge in [0.25, 0.3) is 0 Å². The summed E-state index contributed by atoms with van der Waals surface area (Å²) in [6.45, 7) is 8.62.